The van der Waals surface area contributed by atoms with E-state index in [9.17, 15) is 0 Å². The summed E-state index contributed by atoms with van der Waals surface area (Å²) in [6.45, 7) is 8.36. The van der Waals surface area contributed by atoms with Gasteiger partial charge in [-0.1, -0.05) is 51.8 Å². The van der Waals surface area contributed by atoms with Crippen molar-refractivity contribution in [3.05, 3.63) is 28.8 Å². The van der Waals surface area contributed by atoms with Crippen LogP contribution in [-0.4, -0.2) is 6.10 Å². The molecule has 2 heteroatoms. The maximum Gasteiger partial charge on any atom is 0.138 e. The maximum absolute atomic E-state index is 6.29. The number of ether oxygens (including phenoxy) is 1. The fraction of sp³-hybridized carbons (Fsp3) is 0.667. The summed E-state index contributed by atoms with van der Waals surface area (Å²) >= 11 is 6.29. The Morgan fingerprint density at radius 2 is 1.85 bits per heavy atom. The van der Waals surface area contributed by atoms with Crippen LogP contribution in [0.25, 0.3) is 0 Å². The lowest BCUT2D eigenvalue weighted by atomic mass is 9.55. The molecule has 1 spiro atoms. The molecule has 0 aliphatic heterocycles. The fourth-order valence-corrected chi connectivity index (χ4v) is 3.46. The molecule has 3 rings (SSSR count). The van der Waals surface area contributed by atoms with Crippen LogP contribution in [0.15, 0.2) is 18.2 Å². The first-order valence-electron chi connectivity index (χ1n) is 8.04. The van der Waals surface area contributed by atoms with E-state index in [1.54, 1.807) is 0 Å². The van der Waals surface area contributed by atoms with Crippen LogP contribution in [0.3, 0.4) is 0 Å². The maximum atomic E-state index is 6.29. The largest absolute Gasteiger partial charge is 0.489 e. The van der Waals surface area contributed by atoms with Crippen molar-refractivity contribution in [1.82, 2.24) is 0 Å². The molecule has 0 N–H and O–H groups in total. The lowest BCUT2D eigenvalue weighted by Gasteiger charge is -2.53. The van der Waals surface area contributed by atoms with Crippen LogP contribution in [0.5, 0.6) is 5.75 Å². The Hall–Kier alpha value is -0.690. The van der Waals surface area contributed by atoms with E-state index in [0.29, 0.717) is 17.4 Å². The van der Waals surface area contributed by atoms with Crippen LogP contribution in [0.1, 0.15) is 71.3 Å². The zero-order chi connectivity index (χ0) is 14.8. The summed E-state index contributed by atoms with van der Waals surface area (Å²) in [6.07, 6.45) is 7.09. The van der Waals surface area contributed by atoms with Crippen molar-refractivity contribution in [3.8, 4) is 5.75 Å². The van der Waals surface area contributed by atoms with Crippen molar-refractivity contribution >= 4 is 11.6 Å². The van der Waals surface area contributed by atoms with E-state index in [1.807, 2.05) is 26.0 Å². The topological polar surface area (TPSA) is 9.23 Å². The second-order valence-corrected chi connectivity index (χ2v) is 6.75. The Labute approximate surface area is 128 Å². The van der Waals surface area contributed by atoms with Gasteiger partial charge in [0.25, 0.3) is 0 Å². The molecule has 0 radical (unpaired) electrons. The molecule has 1 nitrogen and oxygen atoms in total. The van der Waals surface area contributed by atoms with Gasteiger partial charge in [0, 0.05) is 0 Å². The molecule has 0 atom stereocenters. The third-order valence-corrected chi connectivity index (χ3v) is 4.95. The molecule has 0 unspecified atom stereocenters. The van der Waals surface area contributed by atoms with Crippen molar-refractivity contribution in [2.75, 3.05) is 0 Å². The number of hydrogen-bond acceptors (Lipinski definition) is 1. The predicted octanol–water partition coefficient (Wildman–Crippen LogP) is 6.20. The lowest BCUT2D eigenvalue weighted by Crippen LogP contribution is -2.48. The van der Waals surface area contributed by atoms with Crippen LogP contribution in [0.2, 0.25) is 5.02 Å². The Kier molecular flexibility index (Phi) is 5.01. The molecule has 20 heavy (non-hydrogen) atoms. The molecule has 0 amide bonds. The number of halogens is 1. The standard InChI is InChI=1S/C16H21ClO.C2H6/c1-11(2)12-4-5-15(14(17)8-12)18-13-9-16(10-13)6-3-7-16;1-2/h4-5,8,11,13H,3,6-7,9-10H2,1-2H3;1-2H3. The number of hydrogen-bond donors (Lipinski definition) is 0. The molecule has 0 aromatic heterocycles. The summed E-state index contributed by atoms with van der Waals surface area (Å²) in [4.78, 5) is 0. The highest BCUT2D eigenvalue weighted by molar-refractivity contribution is 6.32. The molecule has 112 valence electrons. The zero-order valence-electron chi connectivity index (χ0n) is 13.2. The quantitative estimate of drug-likeness (QED) is 0.645. The average Bonchev–Trinajstić information content (AvgIpc) is 2.34. The predicted molar refractivity (Wildman–Crippen MR) is 86.8 cm³/mol. The van der Waals surface area contributed by atoms with Gasteiger partial charge in [0.2, 0.25) is 0 Å². The van der Waals surface area contributed by atoms with Crippen LogP contribution in [0.4, 0.5) is 0 Å². The smallest absolute Gasteiger partial charge is 0.138 e. The first-order valence-corrected chi connectivity index (χ1v) is 8.42. The summed E-state index contributed by atoms with van der Waals surface area (Å²) < 4.78 is 6.02. The number of rotatable bonds is 3. The summed E-state index contributed by atoms with van der Waals surface area (Å²) in [7, 11) is 0. The van der Waals surface area contributed by atoms with Crippen LogP contribution in [-0.2, 0) is 0 Å². The summed E-state index contributed by atoms with van der Waals surface area (Å²) in [5.74, 6) is 1.37. The Morgan fingerprint density at radius 1 is 1.20 bits per heavy atom. The molecule has 1 aromatic carbocycles. The summed E-state index contributed by atoms with van der Waals surface area (Å²) in [5.41, 5.74) is 1.94. The molecule has 2 saturated carbocycles. The normalized spacial score (nSPS) is 19.9. The van der Waals surface area contributed by atoms with Crippen LogP contribution >= 0.6 is 11.6 Å². The monoisotopic (exact) mass is 294 g/mol. The minimum Gasteiger partial charge on any atom is -0.489 e. The van der Waals surface area contributed by atoms with E-state index in [-0.39, 0.29) is 0 Å². The van der Waals surface area contributed by atoms with E-state index in [4.69, 9.17) is 16.3 Å². The summed E-state index contributed by atoms with van der Waals surface area (Å²) in [6, 6.07) is 6.20. The van der Waals surface area contributed by atoms with Gasteiger partial charge in [-0.3, -0.25) is 0 Å². The average molecular weight is 295 g/mol. The Bertz CT molecular complexity index is 441. The lowest BCUT2D eigenvalue weighted by molar-refractivity contribution is -0.0681. The van der Waals surface area contributed by atoms with Gasteiger partial charge in [0.05, 0.1) is 11.1 Å². The van der Waals surface area contributed by atoms with E-state index in [1.165, 1.54) is 37.7 Å². The van der Waals surface area contributed by atoms with Crippen molar-refractivity contribution in [1.29, 1.82) is 0 Å². The van der Waals surface area contributed by atoms with E-state index in [2.05, 4.69) is 19.9 Å². The van der Waals surface area contributed by atoms with E-state index >= 15 is 0 Å². The van der Waals surface area contributed by atoms with Crippen molar-refractivity contribution < 1.29 is 4.74 Å². The molecule has 2 aliphatic rings. The summed E-state index contributed by atoms with van der Waals surface area (Å²) in [5, 5.41) is 0.760. The van der Waals surface area contributed by atoms with Crippen molar-refractivity contribution in [2.45, 2.75) is 71.8 Å². The molecule has 0 saturated heterocycles. The number of benzene rings is 1. The molecule has 2 fully saturated rings. The van der Waals surface area contributed by atoms with Crippen molar-refractivity contribution in [2.24, 2.45) is 5.41 Å². The van der Waals surface area contributed by atoms with Gasteiger partial charge in [0.15, 0.2) is 0 Å². The highest BCUT2D eigenvalue weighted by atomic mass is 35.5. The SMILES string of the molecule is CC.CC(C)c1ccc(OC2CC3(CCC3)C2)c(Cl)c1. The first kappa shape index (κ1) is 15.7. The van der Waals surface area contributed by atoms with Gasteiger partial charge < -0.3 is 4.74 Å². The molecule has 0 bridgehead atoms. The molecular formula is C18H27ClO. The highest BCUT2D eigenvalue weighted by Crippen LogP contribution is 2.56. The van der Waals surface area contributed by atoms with E-state index in [0.717, 1.165) is 10.8 Å². The second-order valence-electron chi connectivity index (χ2n) is 6.35. The highest BCUT2D eigenvalue weighted by Gasteiger charge is 2.49. The van der Waals surface area contributed by atoms with E-state index < -0.39 is 0 Å². The van der Waals surface area contributed by atoms with Gasteiger partial charge in [-0.2, -0.15) is 0 Å². The molecular weight excluding hydrogens is 268 g/mol. The Balaban J connectivity index is 0.000000704. The zero-order valence-corrected chi connectivity index (χ0v) is 14.0. The van der Waals surface area contributed by atoms with Gasteiger partial charge in [-0.25, -0.2) is 0 Å². The van der Waals surface area contributed by atoms with Gasteiger partial charge in [0.1, 0.15) is 5.75 Å². The van der Waals surface area contributed by atoms with Crippen LogP contribution in [0, 0.1) is 5.41 Å². The third-order valence-electron chi connectivity index (χ3n) is 4.65. The molecule has 0 heterocycles. The fourth-order valence-electron chi connectivity index (χ4n) is 3.23. The minimum absolute atomic E-state index is 0.396. The Morgan fingerprint density at radius 3 is 2.30 bits per heavy atom. The molecule has 1 aromatic rings. The van der Waals surface area contributed by atoms with Crippen LogP contribution < -0.4 is 4.74 Å². The van der Waals surface area contributed by atoms with Gasteiger partial charge >= 0.3 is 0 Å². The minimum atomic E-state index is 0.396. The third kappa shape index (κ3) is 3.14. The van der Waals surface area contributed by atoms with Crippen molar-refractivity contribution in [3.63, 3.8) is 0 Å². The second kappa shape index (κ2) is 6.39. The van der Waals surface area contributed by atoms with Gasteiger partial charge in [-0.15, -0.1) is 0 Å². The first-order chi connectivity index (χ1) is 9.58. The molecule has 2 aliphatic carbocycles. The van der Waals surface area contributed by atoms with Gasteiger partial charge in [-0.05, 0) is 54.7 Å².